The monoisotopic (exact) mass is 260 g/mol. The van der Waals surface area contributed by atoms with E-state index in [1.807, 2.05) is 18.2 Å². The highest BCUT2D eigenvalue weighted by atomic mass is 16.3. The van der Waals surface area contributed by atoms with Crippen LogP contribution in [0, 0.1) is 10.8 Å². The smallest absolute Gasteiger partial charge is 0.201 e. The van der Waals surface area contributed by atoms with Gasteiger partial charge < -0.3 is 15.8 Å². The van der Waals surface area contributed by atoms with E-state index in [-0.39, 0.29) is 23.0 Å². The van der Waals surface area contributed by atoms with E-state index in [9.17, 15) is 9.90 Å². The number of nitrogens with one attached hydrogen (secondary N) is 2. The second-order valence-corrected chi connectivity index (χ2v) is 5.42. The van der Waals surface area contributed by atoms with Crippen LogP contribution in [0.5, 0.6) is 0 Å². The molecule has 0 amide bonds. The molecule has 0 radical (unpaired) electrons. The Kier molecular flexibility index (Phi) is 4.48. The minimum absolute atomic E-state index is 0.0244. The molecule has 4 heteroatoms. The number of para-hydroxylation sites is 1. The third-order valence-electron chi connectivity index (χ3n) is 2.56. The van der Waals surface area contributed by atoms with E-state index in [1.54, 1.807) is 32.9 Å². The number of rotatable bonds is 4. The van der Waals surface area contributed by atoms with E-state index in [1.165, 1.54) is 6.92 Å². The van der Waals surface area contributed by atoms with Crippen molar-refractivity contribution < 1.29 is 9.90 Å². The molecule has 0 aliphatic carbocycles. The van der Waals surface area contributed by atoms with Crippen molar-refractivity contribution in [3.8, 4) is 0 Å². The zero-order valence-corrected chi connectivity index (χ0v) is 11.7. The third-order valence-corrected chi connectivity index (χ3v) is 2.56. The first-order valence-corrected chi connectivity index (χ1v) is 6.09. The summed E-state index contributed by atoms with van der Waals surface area (Å²) in [5.74, 6) is -0.542. The van der Waals surface area contributed by atoms with Crippen LogP contribution in [0.2, 0.25) is 0 Å². The molecule has 4 nitrogen and oxygen atoms in total. The van der Waals surface area contributed by atoms with Crippen molar-refractivity contribution in [1.29, 1.82) is 5.41 Å². The molecule has 0 spiro atoms. The molecule has 0 heterocycles. The van der Waals surface area contributed by atoms with Crippen LogP contribution in [-0.2, 0) is 4.79 Å². The quantitative estimate of drug-likeness (QED) is 0.440. The van der Waals surface area contributed by atoms with E-state index >= 15 is 0 Å². The number of allylic oxidation sites excluding steroid dienone is 1. The molecule has 102 valence electrons. The second kappa shape index (κ2) is 5.69. The van der Waals surface area contributed by atoms with Gasteiger partial charge in [0, 0.05) is 16.8 Å². The number of Topliss-reactive ketones (excluding diaryl/α,β-unsaturated/α-hetero) is 1. The molecule has 3 N–H and O–H groups in total. The van der Waals surface area contributed by atoms with Crippen LogP contribution >= 0.6 is 0 Å². The lowest BCUT2D eigenvalue weighted by atomic mass is 9.85. The Morgan fingerprint density at radius 3 is 2.16 bits per heavy atom. The van der Waals surface area contributed by atoms with Crippen LogP contribution in [0.3, 0.4) is 0 Å². The first-order chi connectivity index (χ1) is 8.73. The molecule has 0 atom stereocenters. The van der Waals surface area contributed by atoms with Gasteiger partial charge >= 0.3 is 0 Å². The molecule has 1 aromatic rings. The average Bonchev–Trinajstić information content (AvgIpc) is 2.28. The Labute approximate surface area is 113 Å². The largest absolute Gasteiger partial charge is 0.494 e. The van der Waals surface area contributed by atoms with E-state index in [2.05, 4.69) is 5.32 Å². The number of carbonyl (C=O) groups excluding carboxylic acids is 1. The number of benzene rings is 1. The van der Waals surface area contributed by atoms with Gasteiger partial charge in [-0.15, -0.1) is 0 Å². The molecular weight excluding hydrogens is 240 g/mol. The van der Waals surface area contributed by atoms with Crippen molar-refractivity contribution in [2.75, 3.05) is 5.32 Å². The molecule has 0 saturated carbocycles. The van der Waals surface area contributed by atoms with Gasteiger partial charge in [0.25, 0.3) is 0 Å². The van der Waals surface area contributed by atoms with Gasteiger partial charge in [-0.3, -0.25) is 4.79 Å². The summed E-state index contributed by atoms with van der Waals surface area (Å²) >= 11 is 0. The van der Waals surface area contributed by atoms with Gasteiger partial charge in [-0.2, -0.15) is 0 Å². The maximum atomic E-state index is 12.2. The second-order valence-electron chi connectivity index (χ2n) is 5.42. The van der Waals surface area contributed by atoms with Crippen molar-refractivity contribution in [1.82, 2.24) is 0 Å². The summed E-state index contributed by atoms with van der Waals surface area (Å²) in [7, 11) is 0. The fourth-order valence-electron chi connectivity index (χ4n) is 1.55. The lowest BCUT2D eigenvalue weighted by molar-refractivity contribution is -0.122. The standard InChI is InChI=1S/C15H20N2O2/c1-10(16)12(13(18)15(2,3)4)14(19)17-11-8-6-5-7-9-11/h5-9,16-17,19H,1-4H3/b14-12-,16-10?. The minimum Gasteiger partial charge on any atom is -0.494 e. The Bertz CT molecular complexity index is 511. The number of hydrogen-bond donors (Lipinski definition) is 3. The molecule has 0 saturated heterocycles. The Morgan fingerprint density at radius 1 is 1.21 bits per heavy atom. The van der Waals surface area contributed by atoms with Crippen LogP contribution in [0.25, 0.3) is 0 Å². The summed E-state index contributed by atoms with van der Waals surface area (Å²) in [6.45, 7) is 6.76. The van der Waals surface area contributed by atoms with Crippen LogP contribution in [0.15, 0.2) is 41.8 Å². The van der Waals surface area contributed by atoms with Crippen LogP contribution in [-0.4, -0.2) is 16.6 Å². The van der Waals surface area contributed by atoms with E-state index in [0.717, 1.165) is 0 Å². The van der Waals surface area contributed by atoms with Gasteiger partial charge in [-0.1, -0.05) is 39.0 Å². The van der Waals surface area contributed by atoms with Crippen LogP contribution in [0.4, 0.5) is 5.69 Å². The molecule has 0 bridgehead atoms. The Morgan fingerprint density at radius 2 is 1.74 bits per heavy atom. The maximum absolute atomic E-state index is 12.2. The maximum Gasteiger partial charge on any atom is 0.201 e. The predicted molar refractivity (Wildman–Crippen MR) is 77.6 cm³/mol. The van der Waals surface area contributed by atoms with Gasteiger partial charge in [0.15, 0.2) is 5.78 Å². The predicted octanol–water partition coefficient (Wildman–Crippen LogP) is 3.52. The molecule has 19 heavy (non-hydrogen) atoms. The lowest BCUT2D eigenvalue weighted by Gasteiger charge is -2.20. The van der Waals surface area contributed by atoms with Crippen LogP contribution < -0.4 is 5.32 Å². The lowest BCUT2D eigenvalue weighted by Crippen LogP contribution is -2.27. The van der Waals surface area contributed by atoms with Crippen molar-refractivity contribution in [3.05, 3.63) is 41.8 Å². The average molecular weight is 260 g/mol. The number of aliphatic hydroxyl groups excluding tert-OH is 1. The van der Waals surface area contributed by atoms with Gasteiger partial charge in [0.2, 0.25) is 5.88 Å². The third kappa shape index (κ3) is 3.95. The van der Waals surface area contributed by atoms with E-state index < -0.39 is 5.41 Å². The molecule has 0 aromatic heterocycles. The number of ketones is 1. The van der Waals surface area contributed by atoms with Crippen molar-refractivity contribution >= 4 is 17.2 Å². The van der Waals surface area contributed by atoms with Gasteiger partial charge in [-0.25, -0.2) is 0 Å². The normalized spacial score (nSPS) is 12.6. The molecular formula is C15H20N2O2. The zero-order valence-electron chi connectivity index (χ0n) is 11.7. The summed E-state index contributed by atoms with van der Waals surface area (Å²) in [5, 5.41) is 20.5. The first kappa shape index (κ1) is 15.0. The SMILES string of the molecule is CC(=N)/C(C(=O)C(C)(C)C)=C(/O)Nc1ccccc1. The summed E-state index contributed by atoms with van der Waals surface area (Å²) in [6.07, 6.45) is 0. The molecule has 0 fully saturated rings. The number of carbonyl (C=O) groups is 1. The fourth-order valence-corrected chi connectivity index (χ4v) is 1.55. The summed E-state index contributed by atoms with van der Waals surface area (Å²) in [6, 6.07) is 9.04. The van der Waals surface area contributed by atoms with Crippen LogP contribution in [0.1, 0.15) is 27.7 Å². The van der Waals surface area contributed by atoms with Crippen molar-refractivity contribution in [2.24, 2.45) is 5.41 Å². The van der Waals surface area contributed by atoms with Crippen molar-refractivity contribution in [2.45, 2.75) is 27.7 Å². The highest BCUT2D eigenvalue weighted by molar-refractivity contribution is 6.22. The first-order valence-electron chi connectivity index (χ1n) is 6.09. The fraction of sp³-hybridized carbons (Fsp3) is 0.333. The summed E-state index contributed by atoms with van der Waals surface area (Å²) < 4.78 is 0. The van der Waals surface area contributed by atoms with E-state index in [4.69, 9.17) is 5.41 Å². The topological polar surface area (TPSA) is 73.2 Å². The highest BCUT2D eigenvalue weighted by Gasteiger charge is 2.29. The van der Waals surface area contributed by atoms with Gasteiger partial charge in [0.1, 0.15) is 0 Å². The van der Waals surface area contributed by atoms with E-state index in [0.29, 0.717) is 5.69 Å². The van der Waals surface area contributed by atoms with Gasteiger partial charge in [0.05, 0.1) is 5.57 Å². The Hall–Kier alpha value is -2.10. The highest BCUT2D eigenvalue weighted by Crippen LogP contribution is 2.23. The van der Waals surface area contributed by atoms with Crippen molar-refractivity contribution in [3.63, 3.8) is 0 Å². The molecule has 1 aromatic carbocycles. The molecule has 0 aliphatic heterocycles. The summed E-state index contributed by atoms with van der Waals surface area (Å²) in [5.41, 5.74) is 0.0851. The zero-order chi connectivity index (χ0) is 14.6. The Balaban J connectivity index is 3.13. The molecule has 0 unspecified atom stereocenters. The number of aliphatic hydroxyl groups is 1. The number of hydrogen-bond acceptors (Lipinski definition) is 4. The van der Waals surface area contributed by atoms with Gasteiger partial charge in [-0.05, 0) is 19.1 Å². The minimum atomic E-state index is -0.649. The molecule has 0 aliphatic rings. The number of anilines is 1. The molecule has 1 rings (SSSR count). The summed E-state index contributed by atoms with van der Waals surface area (Å²) in [4.78, 5) is 12.2.